The summed E-state index contributed by atoms with van der Waals surface area (Å²) in [5.41, 5.74) is 7.36. The van der Waals surface area contributed by atoms with Crippen LogP contribution in [0, 0.1) is 6.92 Å². The van der Waals surface area contributed by atoms with Gasteiger partial charge in [-0.3, -0.25) is 4.79 Å². The first-order chi connectivity index (χ1) is 13.3. The third-order valence-corrected chi connectivity index (χ3v) is 3.83. The van der Waals surface area contributed by atoms with Gasteiger partial charge in [-0.2, -0.15) is 4.98 Å². The first-order valence-electron chi connectivity index (χ1n) is 8.17. The van der Waals surface area contributed by atoms with Gasteiger partial charge in [-0.05, 0) is 42.8 Å². The van der Waals surface area contributed by atoms with Crippen molar-refractivity contribution in [3.63, 3.8) is 0 Å². The van der Waals surface area contributed by atoms with E-state index in [-0.39, 0.29) is 34.3 Å². The summed E-state index contributed by atoms with van der Waals surface area (Å²) in [6, 6.07) is 11.3. The Hall–Kier alpha value is -4.14. The highest BCUT2D eigenvalue weighted by Crippen LogP contribution is 2.28. The molecule has 1 heterocycles. The number of hydrogen-bond donors (Lipinski definition) is 5. The first-order valence-corrected chi connectivity index (χ1v) is 8.17. The number of nitrogens with two attached hydrogens (primary N) is 1. The van der Waals surface area contributed by atoms with Crippen LogP contribution in [-0.4, -0.2) is 32.1 Å². The second-order valence-corrected chi connectivity index (χ2v) is 5.98. The number of nitrogens with one attached hydrogen (secondary N) is 2. The summed E-state index contributed by atoms with van der Waals surface area (Å²) < 4.78 is 0. The number of aromatic nitrogens is 2. The predicted octanol–water partition coefficient (Wildman–Crippen LogP) is 2.77. The second kappa shape index (κ2) is 7.62. The van der Waals surface area contributed by atoms with Gasteiger partial charge in [-0.15, -0.1) is 0 Å². The number of phenols is 1. The molecule has 9 nitrogen and oxygen atoms in total. The number of aryl methyl sites for hydroxylation is 1. The molecule has 6 N–H and O–H groups in total. The van der Waals surface area contributed by atoms with Crippen LogP contribution in [0.5, 0.6) is 5.75 Å². The number of amides is 1. The first kappa shape index (κ1) is 18.6. The number of rotatable bonds is 6. The molecular weight excluding hydrogens is 362 g/mol. The van der Waals surface area contributed by atoms with Crippen molar-refractivity contribution >= 4 is 35.0 Å². The Bertz CT molecular complexity index is 1070. The van der Waals surface area contributed by atoms with Gasteiger partial charge in [0, 0.05) is 11.9 Å². The zero-order valence-corrected chi connectivity index (χ0v) is 14.8. The summed E-state index contributed by atoms with van der Waals surface area (Å²) in [5, 5.41) is 24.8. The van der Waals surface area contributed by atoms with Gasteiger partial charge >= 0.3 is 5.97 Å². The molecule has 3 aromatic rings. The minimum Gasteiger partial charge on any atom is -0.506 e. The third kappa shape index (κ3) is 4.15. The second-order valence-electron chi connectivity index (χ2n) is 5.98. The molecule has 0 unspecified atom stereocenters. The smallest absolute Gasteiger partial charge is 0.335 e. The number of aromatic hydroxyl groups is 1. The Balaban J connectivity index is 1.92. The number of benzene rings is 2. The van der Waals surface area contributed by atoms with Crippen LogP contribution in [0.3, 0.4) is 0 Å². The molecule has 0 saturated heterocycles. The molecule has 1 aromatic heterocycles. The molecule has 2 aromatic carbocycles. The zero-order valence-electron chi connectivity index (χ0n) is 14.8. The van der Waals surface area contributed by atoms with Crippen LogP contribution in [-0.2, 0) is 0 Å². The zero-order chi connectivity index (χ0) is 20.3. The Morgan fingerprint density at radius 3 is 2.54 bits per heavy atom. The van der Waals surface area contributed by atoms with E-state index in [4.69, 9.17) is 10.8 Å². The molecule has 0 bridgehead atoms. The van der Waals surface area contributed by atoms with Crippen molar-refractivity contribution in [2.75, 3.05) is 10.6 Å². The molecule has 1 amide bonds. The molecular formula is C19H17N5O4. The van der Waals surface area contributed by atoms with Crippen LogP contribution in [0.25, 0.3) is 0 Å². The molecule has 142 valence electrons. The number of carboxylic acid groups (broad SMARTS) is 1. The largest absolute Gasteiger partial charge is 0.506 e. The summed E-state index contributed by atoms with van der Waals surface area (Å²) in [6.07, 6.45) is 1.26. The van der Waals surface area contributed by atoms with Crippen molar-refractivity contribution in [2.24, 2.45) is 5.73 Å². The van der Waals surface area contributed by atoms with Crippen LogP contribution in [0.4, 0.5) is 23.1 Å². The van der Waals surface area contributed by atoms with Crippen molar-refractivity contribution in [1.82, 2.24) is 9.97 Å². The van der Waals surface area contributed by atoms with Gasteiger partial charge in [-0.1, -0.05) is 12.1 Å². The van der Waals surface area contributed by atoms with Crippen LogP contribution in [0.2, 0.25) is 0 Å². The molecule has 3 rings (SSSR count). The molecule has 0 spiro atoms. The number of primary amides is 1. The van der Waals surface area contributed by atoms with E-state index in [1.165, 1.54) is 18.3 Å². The summed E-state index contributed by atoms with van der Waals surface area (Å²) in [7, 11) is 0. The number of anilines is 4. The number of hydrogen-bond acceptors (Lipinski definition) is 7. The maximum absolute atomic E-state index is 11.7. The Morgan fingerprint density at radius 1 is 1.11 bits per heavy atom. The number of carboxylic acids is 1. The number of phenolic OH excluding ortho intramolecular Hbond substituents is 1. The van der Waals surface area contributed by atoms with Crippen molar-refractivity contribution in [2.45, 2.75) is 6.92 Å². The van der Waals surface area contributed by atoms with Gasteiger partial charge in [0.1, 0.15) is 17.1 Å². The molecule has 0 aliphatic carbocycles. The molecule has 0 saturated carbocycles. The van der Waals surface area contributed by atoms with Gasteiger partial charge < -0.3 is 26.6 Å². The van der Waals surface area contributed by atoms with Crippen LogP contribution in [0.1, 0.15) is 26.3 Å². The van der Waals surface area contributed by atoms with Gasteiger partial charge in [-0.25, -0.2) is 9.78 Å². The molecule has 0 radical (unpaired) electrons. The van der Waals surface area contributed by atoms with Crippen LogP contribution >= 0.6 is 0 Å². The lowest BCUT2D eigenvalue weighted by molar-refractivity contribution is 0.0696. The number of carbonyl (C=O) groups excluding carboxylic acids is 1. The summed E-state index contributed by atoms with van der Waals surface area (Å²) in [5.74, 6) is -1.87. The number of carbonyl (C=O) groups is 2. The summed E-state index contributed by atoms with van der Waals surface area (Å²) >= 11 is 0. The predicted molar refractivity (Wildman–Crippen MR) is 103 cm³/mol. The monoisotopic (exact) mass is 379 g/mol. The van der Waals surface area contributed by atoms with Gasteiger partial charge in [0.2, 0.25) is 5.95 Å². The summed E-state index contributed by atoms with van der Waals surface area (Å²) in [4.78, 5) is 30.9. The summed E-state index contributed by atoms with van der Waals surface area (Å²) in [6.45, 7) is 1.93. The van der Waals surface area contributed by atoms with Crippen molar-refractivity contribution in [1.29, 1.82) is 0 Å². The number of aromatic carboxylic acids is 1. The Kier molecular flexibility index (Phi) is 5.07. The highest BCUT2D eigenvalue weighted by molar-refractivity contribution is 5.98. The maximum Gasteiger partial charge on any atom is 0.335 e. The maximum atomic E-state index is 11.7. The van der Waals surface area contributed by atoms with Crippen LogP contribution in [0.15, 0.2) is 48.7 Å². The fourth-order valence-electron chi connectivity index (χ4n) is 2.47. The Labute approximate surface area is 159 Å². The van der Waals surface area contributed by atoms with E-state index in [1.807, 2.05) is 31.2 Å². The molecule has 0 fully saturated rings. The quantitative estimate of drug-likeness (QED) is 0.410. The number of nitrogens with zero attached hydrogens (tertiary/aromatic N) is 2. The van der Waals surface area contributed by atoms with Crippen molar-refractivity contribution in [3.05, 3.63) is 65.4 Å². The third-order valence-electron chi connectivity index (χ3n) is 3.83. The fourth-order valence-corrected chi connectivity index (χ4v) is 2.47. The van der Waals surface area contributed by atoms with Crippen molar-refractivity contribution in [3.8, 4) is 5.75 Å². The average molecular weight is 379 g/mol. The van der Waals surface area contributed by atoms with E-state index < -0.39 is 11.9 Å². The molecule has 28 heavy (non-hydrogen) atoms. The standard InChI is InChI=1S/C19H17N5O4/c1-10-3-2-4-12(7-10)22-17-13(16(20)26)9-21-19(24-17)23-14-6-5-11(18(27)28)8-15(14)25/h2-9,25H,1H3,(H2,20,26)(H,27,28)(H2,21,22,23,24). The molecule has 0 aliphatic rings. The van der Waals surface area contributed by atoms with Gasteiger partial charge in [0.15, 0.2) is 0 Å². The lowest BCUT2D eigenvalue weighted by Crippen LogP contribution is -2.15. The molecule has 9 heteroatoms. The van der Waals surface area contributed by atoms with Crippen molar-refractivity contribution < 1.29 is 19.8 Å². The van der Waals surface area contributed by atoms with Gasteiger partial charge in [0.05, 0.1) is 11.3 Å². The highest BCUT2D eigenvalue weighted by atomic mass is 16.4. The Morgan fingerprint density at radius 2 is 1.89 bits per heavy atom. The van der Waals surface area contributed by atoms with E-state index in [2.05, 4.69) is 20.6 Å². The minimum atomic E-state index is -1.16. The van der Waals surface area contributed by atoms with E-state index in [9.17, 15) is 14.7 Å². The highest BCUT2D eigenvalue weighted by Gasteiger charge is 2.14. The van der Waals surface area contributed by atoms with E-state index >= 15 is 0 Å². The minimum absolute atomic E-state index is 0.0603. The van der Waals surface area contributed by atoms with E-state index in [0.29, 0.717) is 5.69 Å². The normalized spacial score (nSPS) is 10.3. The van der Waals surface area contributed by atoms with E-state index in [1.54, 1.807) is 0 Å². The topological polar surface area (TPSA) is 150 Å². The molecule has 0 aliphatic heterocycles. The lowest BCUT2D eigenvalue weighted by atomic mass is 10.2. The van der Waals surface area contributed by atoms with Crippen LogP contribution < -0.4 is 16.4 Å². The average Bonchev–Trinajstić information content (AvgIpc) is 2.63. The van der Waals surface area contributed by atoms with E-state index in [0.717, 1.165) is 11.6 Å². The lowest BCUT2D eigenvalue weighted by Gasteiger charge is -2.12. The van der Waals surface area contributed by atoms with Gasteiger partial charge in [0.25, 0.3) is 5.91 Å². The molecule has 0 atom stereocenters. The fraction of sp³-hybridized carbons (Fsp3) is 0.0526. The SMILES string of the molecule is Cc1cccc(Nc2nc(Nc3ccc(C(=O)O)cc3O)ncc2C(N)=O)c1.